The first-order valence-corrected chi connectivity index (χ1v) is 9.80. The highest BCUT2D eigenvalue weighted by molar-refractivity contribution is 7.13. The van der Waals surface area contributed by atoms with Crippen LogP contribution in [0.3, 0.4) is 0 Å². The van der Waals surface area contributed by atoms with Crippen LogP contribution in [0.25, 0.3) is 16.3 Å². The van der Waals surface area contributed by atoms with Crippen LogP contribution in [-0.2, 0) is 0 Å². The molecule has 7 heteroatoms. The monoisotopic (exact) mass is 402 g/mol. The van der Waals surface area contributed by atoms with Gasteiger partial charge in [-0.1, -0.05) is 24.3 Å². The number of aromatic nitrogens is 2. The molecule has 1 fully saturated rings. The number of hydrogen-bond acceptors (Lipinski definition) is 4. The molecule has 0 saturated carbocycles. The number of benzene rings is 1. The summed E-state index contributed by atoms with van der Waals surface area (Å²) < 4.78 is 1.87. The maximum atomic E-state index is 13.1. The van der Waals surface area contributed by atoms with Gasteiger partial charge in [0.15, 0.2) is 5.69 Å². The van der Waals surface area contributed by atoms with E-state index in [1.165, 1.54) is 0 Å². The summed E-state index contributed by atoms with van der Waals surface area (Å²) >= 11 is 1.65. The lowest BCUT2D eigenvalue weighted by molar-refractivity contribution is 0.0691. The van der Waals surface area contributed by atoms with Crippen LogP contribution in [0.1, 0.15) is 23.3 Å². The highest BCUT2D eigenvalue weighted by Crippen LogP contribution is 2.28. The molecule has 1 saturated heterocycles. The second-order valence-electron chi connectivity index (χ2n) is 6.52. The summed E-state index contributed by atoms with van der Waals surface area (Å²) in [6.07, 6.45) is 2.13. The minimum atomic E-state index is 0. The lowest BCUT2D eigenvalue weighted by Gasteiger charge is -2.32. The van der Waals surface area contributed by atoms with Gasteiger partial charge >= 0.3 is 0 Å². The molecule has 27 heavy (non-hydrogen) atoms. The highest BCUT2D eigenvalue weighted by Gasteiger charge is 2.26. The summed E-state index contributed by atoms with van der Waals surface area (Å²) in [5, 5.41) is 10.0. The van der Waals surface area contributed by atoms with Gasteiger partial charge in [0.1, 0.15) is 0 Å². The first-order chi connectivity index (χ1) is 12.8. The number of carbonyl (C=O) groups is 1. The van der Waals surface area contributed by atoms with Crippen molar-refractivity contribution in [3.63, 3.8) is 0 Å². The van der Waals surface area contributed by atoms with Crippen molar-refractivity contribution in [3.05, 3.63) is 59.6 Å². The minimum absolute atomic E-state index is 0. The smallest absolute Gasteiger partial charge is 0.274 e. The Kier molecular flexibility index (Phi) is 6.31. The molecule has 0 spiro atoms. The second-order valence-corrected chi connectivity index (χ2v) is 7.47. The van der Waals surface area contributed by atoms with Gasteiger partial charge in [-0.25, -0.2) is 4.68 Å². The van der Waals surface area contributed by atoms with Crippen LogP contribution < -0.4 is 5.32 Å². The van der Waals surface area contributed by atoms with Gasteiger partial charge in [0.25, 0.3) is 5.91 Å². The number of nitrogens with zero attached hydrogens (tertiary/aromatic N) is 3. The Labute approximate surface area is 169 Å². The molecule has 1 aliphatic heterocycles. The molecule has 0 aliphatic carbocycles. The van der Waals surface area contributed by atoms with Crippen LogP contribution in [0.5, 0.6) is 0 Å². The number of amides is 1. The lowest BCUT2D eigenvalue weighted by Crippen LogP contribution is -2.47. The number of para-hydroxylation sites is 1. The number of thiophene rings is 1. The second kappa shape index (κ2) is 8.69. The van der Waals surface area contributed by atoms with Crippen molar-refractivity contribution in [2.45, 2.75) is 18.9 Å². The predicted molar refractivity (Wildman–Crippen MR) is 112 cm³/mol. The third kappa shape index (κ3) is 4.08. The largest absolute Gasteiger partial charge is 0.336 e. The number of nitrogens with one attached hydrogen (secondary N) is 1. The molecule has 1 aromatic carbocycles. The van der Waals surface area contributed by atoms with E-state index in [0.717, 1.165) is 42.2 Å². The van der Waals surface area contributed by atoms with Crippen LogP contribution in [0.4, 0.5) is 0 Å². The molecule has 3 aromatic rings. The van der Waals surface area contributed by atoms with Gasteiger partial charge in [0.05, 0.1) is 16.3 Å². The van der Waals surface area contributed by atoms with Gasteiger partial charge < -0.3 is 10.2 Å². The molecule has 0 bridgehead atoms. The van der Waals surface area contributed by atoms with Crippen molar-refractivity contribution in [3.8, 4) is 16.3 Å². The third-order valence-corrected chi connectivity index (χ3v) is 5.71. The van der Waals surface area contributed by atoms with E-state index < -0.39 is 0 Å². The zero-order valence-corrected chi connectivity index (χ0v) is 16.8. The number of likely N-dealkylation sites (tertiary alicyclic amines) is 1. The van der Waals surface area contributed by atoms with Crippen LogP contribution >= 0.6 is 23.7 Å². The van der Waals surface area contributed by atoms with Crippen LogP contribution in [0, 0.1) is 0 Å². The maximum Gasteiger partial charge on any atom is 0.274 e. The molecule has 1 unspecified atom stereocenters. The Morgan fingerprint density at radius 2 is 2.04 bits per heavy atom. The number of halogens is 1. The summed E-state index contributed by atoms with van der Waals surface area (Å²) in [7, 11) is 1.96. The number of carbonyl (C=O) groups excluding carboxylic acids is 1. The molecule has 2 aromatic heterocycles. The van der Waals surface area contributed by atoms with Crippen molar-refractivity contribution in [2.24, 2.45) is 0 Å². The van der Waals surface area contributed by atoms with E-state index in [1.54, 1.807) is 11.3 Å². The molecule has 142 valence electrons. The molecule has 1 aliphatic rings. The van der Waals surface area contributed by atoms with Gasteiger partial charge in [-0.15, -0.1) is 23.7 Å². The molecule has 1 N–H and O–H groups in total. The number of rotatable bonds is 4. The van der Waals surface area contributed by atoms with E-state index in [-0.39, 0.29) is 18.3 Å². The molecule has 1 amide bonds. The molecular formula is C20H23ClN4OS. The van der Waals surface area contributed by atoms with Crippen molar-refractivity contribution < 1.29 is 4.79 Å². The molecule has 0 radical (unpaired) electrons. The zero-order chi connectivity index (χ0) is 17.9. The van der Waals surface area contributed by atoms with Gasteiger partial charge in [-0.05, 0) is 49.5 Å². The van der Waals surface area contributed by atoms with Crippen molar-refractivity contribution >= 4 is 29.7 Å². The fraction of sp³-hybridized carbons (Fsp3) is 0.300. The molecular weight excluding hydrogens is 380 g/mol. The van der Waals surface area contributed by atoms with Gasteiger partial charge in [-0.3, -0.25) is 4.79 Å². The Balaban J connectivity index is 0.00000210. The fourth-order valence-electron chi connectivity index (χ4n) is 3.41. The SMILES string of the molecule is CNC1CCCN(C(=O)c2cc(-c3cccs3)n(-c3ccccc3)n2)C1.Cl. The Morgan fingerprint density at radius 1 is 1.22 bits per heavy atom. The van der Waals surface area contributed by atoms with E-state index in [9.17, 15) is 4.79 Å². The van der Waals surface area contributed by atoms with Crippen LogP contribution in [0.2, 0.25) is 0 Å². The topological polar surface area (TPSA) is 50.2 Å². The maximum absolute atomic E-state index is 13.1. The van der Waals surface area contributed by atoms with E-state index in [0.29, 0.717) is 11.7 Å². The molecule has 4 rings (SSSR count). The summed E-state index contributed by atoms with van der Waals surface area (Å²) in [6, 6.07) is 16.3. The summed E-state index contributed by atoms with van der Waals surface area (Å²) in [6.45, 7) is 1.53. The van der Waals surface area contributed by atoms with Crippen molar-refractivity contribution in [1.29, 1.82) is 0 Å². The zero-order valence-electron chi connectivity index (χ0n) is 15.2. The lowest BCUT2D eigenvalue weighted by atomic mass is 10.1. The average molecular weight is 403 g/mol. The third-order valence-electron chi connectivity index (χ3n) is 4.82. The van der Waals surface area contributed by atoms with Crippen molar-refractivity contribution in [1.82, 2.24) is 20.0 Å². The standard InChI is InChI=1S/C20H22N4OS.ClH/c1-21-15-7-5-11-23(14-15)20(25)17-13-18(19-10-6-12-26-19)24(22-17)16-8-3-2-4-9-16;/h2-4,6,8-10,12-13,15,21H,5,7,11,14H2,1H3;1H. The van der Waals surface area contributed by atoms with E-state index in [2.05, 4.69) is 16.5 Å². The number of piperidine rings is 1. The van der Waals surface area contributed by atoms with Crippen LogP contribution in [-0.4, -0.2) is 46.8 Å². The number of likely N-dealkylation sites (N-methyl/N-ethyl adjacent to an activating group) is 1. The predicted octanol–water partition coefficient (Wildman–Crippen LogP) is 3.85. The van der Waals surface area contributed by atoms with Crippen molar-refractivity contribution in [2.75, 3.05) is 20.1 Å². The normalized spacial score (nSPS) is 16.8. The average Bonchev–Trinajstić information content (AvgIpc) is 3.37. The minimum Gasteiger partial charge on any atom is -0.336 e. The first kappa shape index (κ1) is 19.6. The fourth-order valence-corrected chi connectivity index (χ4v) is 4.14. The quantitative estimate of drug-likeness (QED) is 0.721. The Hall–Kier alpha value is -2.15. The van der Waals surface area contributed by atoms with Gasteiger partial charge in [-0.2, -0.15) is 5.10 Å². The van der Waals surface area contributed by atoms with E-state index >= 15 is 0 Å². The van der Waals surface area contributed by atoms with E-state index in [1.807, 2.05) is 64.5 Å². The van der Waals surface area contributed by atoms with Gasteiger partial charge in [0, 0.05) is 19.1 Å². The van der Waals surface area contributed by atoms with Crippen LogP contribution in [0.15, 0.2) is 53.9 Å². The Morgan fingerprint density at radius 3 is 2.74 bits per heavy atom. The summed E-state index contributed by atoms with van der Waals surface area (Å²) in [4.78, 5) is 16.1. The highest BCUT2D eigenvalue weighted by atomic mass is 35.5. The van der Waals surface area contributed by atoms with Gasteiger partial charge in [0.2, 0.25) is 0 Å². The summed E-state index contributed by atoms with van der Waals surface area (Å²) in [5.74, 6) is 0.0115. The number of hydrogen-bond donors (Lipinski definition) is 1. The Bertz CT molecular complexity index is 879. The first-order valence-electron chi connectivity index (χ1n) is 8.92. The molecule has 5 nitrogen and oxygen atoms in total. The molecule has 3 heterocycles. The summed E-state index contributed by atoms with van der Waals surface area (Å²) in [5.41, 5.74) is 2.42. The van der Waals surface area contributed by atoms with E-state index in [4.69, 9.17) is 0 Å². The molecule has 1 atom stereocenters.